The van der Waals surface area contributed by atoms with Gasteiger partial charge in [-0.3, -0.25) is 4.79 Å². The van der Waals surface area contributed by atoms with E-state index in [9.17, 15) is 4.79 Å². The molecule has 146 valence electrons. The summed E-state index contributed by atoms with van der Waals surface area (Å²) in [5.74, 6) is 0.642. The summed E-state index contributed by atoms with van der Waals surface area (Å²) in [5.41, 5.74) is 4.54. The first-order valence-corrected chi connectivity index (χ1v) is 9.19. The van der Waals surface area contributed by atoms with Crippen LogP contribution in [0.1, 0.15) is 27.3 Å². The number of ether oxygens (including phenoxy) is 2. The van der Waals surface area contributed by atoms with E-state index in [-0.39, 0.29) is 5.91 Å². The Kier molecular flexibility index (Phi) is 6.45. The zero-order valence-corrected chi connectivity index (χ0v) is 16.4. The van der Waals surface area contributed by atoms with Crippen molar-refractivity contribution in [3.8, 4) is 11.4 Å². The van der Waals surface area contributed by atoms with Gasteiger partial charge in [0.1, 0.15) is 12.4 Å². The number of aromatic nitrogens is 2. The molecule has 0 fully saturated rings. The number of nitrogens with one attached hydrogen (secondary N) is 1. The van der Waals surface area contributed by atoms with E-state index in [0.29, 0.717) is 25.3 Å². The van der Waals surface area contributed by atoms with Crippen molar-refractivity contribution in [3.05, 3.63) is 77.1 Å². The second-order valence-electron chi connectivity index (χ2n) is 6.56. The highest BCUT2D eigenvalue weighted by Crippen LogP contribution is 2.15. The summed E-state index contributed by atoms with van der Waals surface area (Å²) < 4.78 is 12.4. The van der Waals surface area contributed by atoms with Gasteiger partial charge in [-0.2, -0.15) is 5.10 Å². The SMILES string of the molecule is COCCOc1cccc(CNC(=O)c2ccc(-n3nc(C)cc3C)cc2)c1. The molecule has 0 unspecified atom stereocenters. The van der Waals surface area contributed by atoms with Crippen LogP contribution < -0.4 is 10.1 Å². The maximum absolute atomic E-state index is 12.5. The fourth-order valence-corrected chi connectivity index (χ4v) is 2.92. The first-order valence-electron chi connectivity index (χ1n) is 9.19. The van der Waals surface area contributed by atoms with E-state index in [0.717, 1.165) is 28.4 Å². The van der Waals surface area contributed by atoms with Crippen LogP contribution in [-0.4, -0.2) is 36.0 Å². The van der Waals surface area contributed by atoms with Gasteiger partial charge in [-0.25, -0.2) is 4.68 Å². The highest BCUT2D eigenvalue weighted by Gasteiger charge is 2.08. The third-order valence-electron chi connectivity index (χ3n) is 4.29. The Morgan fingerprint density at radius 3 is 2.54 bits per heavy atom. The van der Waals surface area contributed by atoms with Crippen molar-refractivity contribution in [1.82, 2.24) is 15.1 Å². The molecule has 0 aliphatic rings. The average Bonchev–Trinajstić information content (AvgIpc) is 3.05. The molecule has 0 saturated carbocycles. The molecule has 0 spiro atoms. The Hall–Kier alpha value is -3.12. The number of benzene rings is 2. The number of aryl methyl sites for hydroxylation is 2. The fraction of sp³-hybridized carbons (Fsp3) is 0.273. The Balaban J connectivity index is 1.59. The van der Waals surface area contributed by atoms with Crippen LogP contribution in [0.15, 0.2) is 54.6 Å². The van der Waals surface area contributed by atoms with Crippen molar-refractivity contribution in [2.24, 2.45) is 0 Å². The van der Waals surface area contributed by atoms with Crippen LogP contribution in [0.5, 0.6) is 5.75 Å². The molecular formula is C22H25N3O3. The molecule has 6 nitrogen and oxygen atoms in total. The van der Waals surface area contributed by atoms with E-state index in [1.807, 2.05) is 73.1 Å². The van der Waals surface area contributed by atoms with Crippen molar-refractivity contribution in [2.45, 2.75) is 20.4 Å². The predicted octanol–water partition coefficient (Wildman–Crippen LogP) is 3.44. The zero-order valence-electron chi connectivity index (χ0n) is 16.4. The molecule has 0 aliphatic carbocycles. The van der Waals surface area contributed by atoms with Crippen LogP contribution in [0.2, 0.25) is 0 Å². The van der Waals surface area contributed by atoms with E-state index in [2.05, 4.69) is 10.4 Å². The zero-order chi connectivity index (χ0) is 19.9. The summed E-state index contributed by atoms with van der Waals surface area (Å²) in [4.78, 5) is 12.5. The lowest BCUT2D eigenvalue weighted by Gasteiger charge is -2.09. The quantitative estimate of drug-likeness (QED) is 0.609. The molecule has 1 N–H and O–H groups in total. The monoisotopic (exact) mass is 379 g/mol. The summed E-state index contributed by atoms with van der Waals surface area (Å²) in [6.45, 7) is 5.43. The molecule has 1 aromatic heterocycles. The highest BCUT2D eigenvalue weighted by molar-refractivity contribution is 5.94. The molecule has 2 aromatic carbocycles. The summed E-state index contributed by atoms with van der Waals surface area (Å²) in [7, 11) is 1.64. The summed E-state index contributed by atoms with van der Waals surface area (Å²) in [5, 5.41) is 7.41. The standard InChI is InChI=1S/C22H25N3O3/c1-16-13-17(2)25(24-16)20-9-7-19(8-10-20)22(26)23-15-18-5-4-6-21(14-18)28-12-11-27-3/h4-10,13-14H,11-12,15H2,1-3H3,(H,23,26). The van der Waals surface area contributed by atoms with Crippen LogP contribution in [-0.2, 0) is 11.3 Å². The second-order valence-corrected chi connectivity index (χ2v) is 6.56. The lowest BCUT2D eigenvalue weighted by atomic mass is 10.1. The fourth-order valence-electron chi connectivity index (χ4n) is 2.92. The summed E-state index contributed by atoms with van der Waals surface area (Å²) in [6, 6.07) is 17.1. The maximum atomic E-state index is 12.5. The summed E-state index contributed by atoms with van der Waals surface area (Å²) >= 11 is 0. The van der Waals surface area contributed by atoms with Gasteiger partial charge in [0.2, 0.25) is 0 Å². The van der Waals surface area contributed by atoms with Gasteiger partial charge in [-0.05, 0) is 61.9 Å². The van der Waals surface area contributed by atoms with Crippen molar-refractivity contribution in [3.63, 3.8) is 0 Å². The molecule has 1 heterocycles. The van der Waals surface area contributed by atoms with Crippen molar-refractivity contribution < 1.29 is 14.3 Å². The number of amides is 1. The Bertz CT molecular complexity index is 932. The molecule has 0 radical (unpaired) electrons. The van der Waals surface area contributed by atoms with Gasteiger partial charge in [0, 0.05) is 24.9 Å². The van der Waals surface area contributed by atoms with Gasteiger partial charge in [0.05, 0.1) is 18.0 Å². The Labute approximate surface area is 165 Å². The van der Waals surface area contributed by atoms with Crippen LogP contribution >= 0.6 is 0 Å². The number of carbonyl (C=O) groups is 1. The Morgan fingerprint density at radius 2 is 1.86 bits per heavy atom. The van der Waals surface area contributed by atoms with E-state index >= 15 is 0 Å². The highest BCUT2D eigenvalue weighted by atomic mass is 16.5. The van der Waals surface area contributed by atoms with E-state index in [1.54, 1.807) is 7.11 Å². The van der Waals surface area contributed by atoms with Gasteiger partial charge in [-0.15, -0.1) is 0 Å². The number of methoxy groups -OCH3 is 1. The second kappa shape index (κ2) is 9.19. The molecule has 28 heavy (non-hydrogen) atoms. The largest absolute Gasteiger partial charge is 0.491 e. The molecule has 0 aliphatic heterocycles. The van der Waals surface area contributed by atoms with E-state index in [1.165, 1.54) is 0 Å². The number of carbonyl (C=O) groups excluding carboxylic acids is 1. The van der Waals surface area contributed by atoms with Gasteiger partial charge >= 0.3 is 0 Å². The third kappa shape index (κ3) is 4.98. The molecule has 1 amide bonds. The van der Waals surface area contributed by atoms with Crippen LogP contribution in [0.25, 0.3) is 5.69 Å². The number of hydrogen-bond acceptors (Lipinski definition) is 4. The van der Waals surface area contributed by atoms with Gasteiger partial charge in [0.25, 0.3) is 5.91 Å². The normalized spacial score (nSPS) is 10.7. The van der Waals surface area contributed by atoms with Crippen molar-refractivity contribution in [1.29, 1.82) is 0 Å². The molecule has 0 atom stereocenters. The predicted molar refractivity (Wildman–Crippen MR) is 108 cm³/mol. The van der Waals surface area contributed by atoms with Gasteiger partial charge in [0.15, 0.2) is 0 Å². The number of nitrogens with zero attached hydrogens (tertiary/aromatic N) is 2. The minimum Gasteiger partial charge on any atom is -0.491 e. The minimum atomic E-state index is -0.120. The molecule has 3 aromatic rings. The molecule has 3 rings (SSSR count). The lowest BCUT2D eigenvalue weighted by Crippen LogP contribution is -2.22. The summed E-state index contributed by atoms with van der Waals surface area (Å²) in [6.07, 6.45) is 0. The molecule has 6 heteroatoms. The number of rotatable bonds is 8. The van der Waals surface area contributed by atoms with Gasteiger partial charge < -0.3 is 14.8 Å². The average molecular weight is 379 g/mol. The van der Waals surface area contributed by atoms with E-state index in [4.69, 9.17) is 9.47 Å². The molecule has 0 saturated heterocycles. The topological polar surface area (TPSA) is 65.4 Å². The van der Waals surface area contributed by atoms with Crippen molar-refractivity contribution in [2.75, 3.05) is 20.3 Å². The smallest absolute Gasteiger partial charge is 0.251 e. The Morgan fingerprint density at radius 1 is 1.07 bits per heavy atom. The lowest BCUT2D eigenvalue weighted by molar-refractivity contribution is 0.0951. The van der Waals surface area contributed by atoms with Crippen LogP contribution in [0, 0.1) is 13.8 Å². The van der Waals surface area contributed by atoms with Crippen LogP contribution in [0.3, 0.4) is 0 Å². The third-order valence-corrected chi connectivity index (χ3v) is 4.29. The molecule has 0 bridgehead atoms. The van der Waals surface area contributed by atoms with Crippen molar-refractivity contribution >= 4 is 5.91 Å². The maximum Gasteiger partial charge on any atom is 0.251 e. The minimum absolute atomic E-state index is 0.120. The van der Waals surface area contributed by atoms with Gasteiger partial charge in [-0.1, -0.05) is 12.1 Å². The van der Waals surface area contributed by atoms with E-state index < -0.39 is 0 Å². The van der Waals surface area contributed by atoms with Crippen LogP contribution in [0.4, 0.5) is 0 Å². The number of hydrogen-bond donors (Lipinski definition) is 1. The first-order chi connectivity index (χ1) is 13.6. The molecular weight excluding hydrogens is 354 g/mol. The first kappa shape index (κ1) is 19.6.